The molecule has 6 nitrogen and oxygen atoms in total. The van der Waals surface area contributed by atoms with Crippen molar-refractivity contribution < 1.29 is 9.90 Å². The molecule has 0 aliphatic carbocycles. The quantitative estimate of drug-likeness (QED) is 0.294. The summed E-state index contributed by atoms with van der Waals surface area (Å²) in [6.45, 7) is 0. The number of benzene rings is 2. The van der Waals surface area contributed by atoms with Gasteiger partial charge in [-0.1, -0.05) is 66.4 Å². The summed E-state index contributed by atoms with van der Waals surface area (Å²) in [5.74, 6) is -0.0476. The van der Waals surface area contributed by atoms with Crippen LogP contribution in [0.3, 0.4) is 0 Å². The Morgan fingerprint density at radius 2 is 1.57 bits per heavy atom. The molecule has 35 heavy (non-hydrogen) atoms. The van der Waals surface area contributed by atoms with Crippen molar-refractivity contribution in [2.75, 3.05) is 5.75 Å². The lowest BCUT2D eigenvalue weighted by Gasteiger charge is -2.37. The van der Waals surface area contributed by atoms with Crippen LogP contribution < -0.4 is 5.32 Å². The summed E-state index contributed by atoms with van der Waals surface area (Å²) in [5, 5.41) is 15.4. The van der Waals surface area contributed by atoms with Crippen molar-refractivity contribution in [1.29, 1.82) is 0 Å². The number of aromatic nitrogens is 3. The number of para-hydroxylation sites is 1. The lowest BCUT2D eigenvalue weighted by Crippen LogP contribution is -2.45. The molecule has 3 heterocycles. The number of nitrogens with zero attached hydrogens (tertiary/aromatic N) is 3. The second-order valence-corrected chi connectivity index (χ2v) is 10.2. The molecule has 3 aromatic heterocycles. The van der Waals surface area contributed by atoms with Gasteiger partial charge in [0.25, 0.3) is 0 Å². The van der Waals surface area contributed by atoms with E-state index >= 15 is 0 Å². The van der Waals surface area contributed by atoms with Gasteiger partial charge in [0.1, 0.15) is 5.60 Å². The average Bonchev–Trinajstić information content (AvgIpc) is 3.35. The third-order valence-corrected chi connectivity index (χ3v) is 7.84. The van der Waals surface area contributed by atoms with Crippen LogP contribution in [0.1, 0.15) is 22.7 Å². The Balaban J connectivity index is 1.47. The van der Waals surface area contributed by atoms with E-state index in [1.807, 2.05) is 54.6 Å². The van der Waals surface area contributed by atoms with Crippen LogP contribution in [0.2, 0.25) is 0 Å². The number of hydrogen-bond acceptors (Lipinski definition) is 7. The summed E-state index contributed by atoms with van der Waals surface area (Å²) in [6.07, 6.45) is 6.53. The van der Waals surface area contributed by atoms with Crippen LogP contribution in [0, 0.1) is 0 Å². The fourth-order valence-electron chi connectivity index (χ4n) is 3.99. The van der Waals surface area contributed by atoms with Crippen molar-refractivity contribution in [1.82, 2.24) is 20.3 Å². The number of fused-ring (bicyclic) bond motifs is 1. The van der Waals surface area contributed by atoms with Gasteiger partial charge in [-0.05, 0) is 29.8 Å². The van der Waals surface area contributed by atoms with E-state index in [0.717, 1.165) is 20.1 Å². The lowest BCUT2D eigenvalue weighted by molar-refractivity contribution is -0.121. The number of rotatable bonds is 8. The van der Waals surface area contributed by atoms with Crippen molar-refractivity contribution >= 4 is 39.2 Å². The summed E-state index contributed by atoms with van der Waals surface area (Å²) >= 11 is 2.94. The van der Waals surface area contributed by atoms with Crippen LogP contribution in [0.15, 0.2) is 108 Å². The molecule has 5 rings (SSSR count). The largest absolute Gasteiger partial charge is 0.378 e. The molecular formula is C27H22N4O2S2. The number of pyridine rings is 2. The zero-order valence-electron chi connectivity index (χ0n) is 18.6. The van der Waals surface area contributed by atoms with E-state index in [0.29, 0.717) is 11.1 Å². The lowest BCUT2D eigenvalue weighted by atomic mass is 9.78. The maximum atomic E-state index is 13.2. The fourth-order valence-corrected chi connectivity index (χ4v) is 5.87. The molecule has 0 saturated carbocycles. The van der Waals surface area contributed by atoms with E-state index in [9.17, 15) is 9.90 Å². The van der Waals surface area contributed by atoms with Crippen LogP contribution in [-0.4, -0.2) is 31.7 Å². The standard InChI is InChI=1S/C27H22N4O2S2/c32-24(18-34-26-30-22-12-4-5-13-23(22)35-26)31-25(19-8-2-1-3-9-19)27(33,20-10-6-14-28-16-20)21-11-7-15-29-17-21/h1-17,25,33H,18H2,(H,31,32)/t25-/m1/s1. The molecule has 2 aromatic carbocycles. The van der Waals surface area contributed by atoms with Gasteiger partial charge in [0.05, 0.1) is 22.0 Å². The highest BCUT2D eigenvalue weighted by atomic mass is 32.2. The van der Waals surface area contributed by atoms with Gasteiger partial charge in [-0.3, -0.25) is 14.8 Å². The molecule has 1 amide bonds. The van der Waals surface area contributed by atoms with Crippen molar-refractivity contribution in [3.8, 4) is 0 Å². The first kappa shape index (κ1) is 23.2. The third kappa shape index (κ3) is 4.95. The number of aliphatic hydroxyl groups is 1. The van der Waals surface area contributed by atoms with Crippen LogP contribution >= 0.6 is 23.1 Å². The molecule has 0 aliphatic rings. The zero-order chi connectivity index (χ0) is 24.1. The molecule has 8 heteroatoms. The Kier molecular flexibility index (Phi) is 6.85. The number of nitrogens with one attached hydrogen (secondary N) is 1. The third-order valence-electron chi connectivity index (χ3n) is 5.66. The molecule has 174 valence electrons. The summed E-state index contributed by atoms with van der Waals surface area (Å²) in [6, 6.07) is 23.7. The number of thioether (sulfide) groups is 1. The average molecular weight is 499 g/mol. The molecule has 0 fully saturated rings. The van der Waals surface area contributed by atoms with Crippen molar-refractivity contribution in [3.63, 3.8) is 0 Å². The number of thiazole rings is 1. The Morgan fingerprint density at radius 1 is 0.914 bits per heavy atom. The topological polar surface area (TPSA) is 88.0 Å². The van der Waals surface area contributed by atoms with E-state index in [1.165, 1.54) is 11.8 Å². The summed E-state index contributed by atoms with van der Waals surface area (Å²) in [5.41, 5.74) is 1.20. The molecule has 0 saturated heterocycles. The van der Waals surface area contributed by atoms with Crippen LogP contribution in [0.5, 0.6) is 0 Å². The van der Waals surface area contributed by atoms with E-state index < -0.39 is 11.6 Å². The first-order chi connectivity index (χ1) is 17.1. The van der Waals surface area contributed by atoms with Gasteiger partial charge in [0.15, 0.2) is 4.34 Å². The molecule has 1 atom stereocenters. The molecule has 0 spiro atoms. The highest BCUT2D eigenvalue weighted by Gasteiger charge is 2.42. The Bertz CT molecular complexity index is 1340. The minimum absolute atomic E-state index is 0.166. The van der Waals surface area contributed by atoms with Gasteiger partial charge in [-0.2, -0.15) is 0 Å². The monoisotopic (exact) mass is 498 g/mol. The molecule has 5 aromatic rings. The van der Waals surface area contributed by atoms with Crippen LogP contribution in [-0.2, 0) is 10.4 Å². The van der Waals surface area contributed by atoms with Crippen LogP contribution in [0.25, 0.3) is 10.2 Å². The fraction of sp³-hybridized carbons (Fsp3) is 0.111. The zero-order valence-corrected chi connectivity index (χ0v) is 20.2. The summed E-state index contributed by atoms with van der Waals surface area (Å²) in [7, 11) is 0. The first-order valence-electron chi connectivity index (χ1n) is 11.0. The van der Waals surface area contributed by atoms with Gasteiger partial charge in [0.2, 0.25) is 5.91 Å². The van der Waals surface area contributed by atoms with Crippen molar-refractivity contribution in [2.45, 2.75) is 16.0 Å². The van der Waals surface area contributed by atoms with Gasteiger partial charge in [-0.25, -0.2) is 4.98 Å². The van der Waals surface area contributed by atoms with E-state index in [-0.39, 0.29) is 11.7 Å². The molecule has 2 N–H and O–H groups in total. The van der Waals surface area contributed by atoms with Crippen LogP contribution in [0.4, 0.5) is 0 Å². The SMILES string of the molecule is O=C(CSc1nc2ccccc2s1)N[C@H](c1ccccc1)C(O)(c1cccnc1)c1cccnc1. The smallest absolute Gasteiger partial charge is 0.231 e. The van der Waals surface area contributed by atoms with Crippen molar-refractivity contribution in [3.05, 3.63) is 120 Å². The normalized spacial score (nSPS) is 12.4. The highest BCUT2D eigenvalue weighted by Crippen LogP contribution is 2.41. The van der Waals surface area contributed by atoms with Gasteiger partial charge >= 0.3 is 0 Å². The maximum absolute atomic E-state index is 13.2. The molecule has 0 radical (unpaired) electrons. The summed E-state index contributed by atoms with van der Waals surface area (Å²) < 4.78 is 1.91. The van der Waals surface area contributed by atoms with E-state index in [1.54, 1.807) is 60.4 Å². The second-order valence-electron chi connectivity index (χ2n) is 7.90. The highest BCUT2D eigenvalue weighted by molar-refractivity contribution is 8.01. The van der Waals surface area contributed by atoms with E-state index in [2.05, 4.69) is 20.3 Å². The minimum Gasteiger partial charge on any atom is -0.378 e. The maximum Gasteiger partial charge on any atom is 0.231 e. The number of carbonyl (C=O) groups is 1. The minimum atomic E-state index is -1.60. The van der Waals surface area contributed by atoms with Gasteiger partial charge in [-0.15, -0.1) is 11.3 Å². The second kappa shape index (κ2) is 10.4. The molecule has 0 unspecified atom stereocenters. The molecular weight excluding hydrogens is 476 g/mol. The number of amides is 1. The number of hydrogen-bond donors (Lipinski definition) is 2. The Morgan fingerprint density at radius 3 is 2.20 bits per heavy atom. The molecule has 0 aliphatic heterocycles. The van der Waals surface area contributed by atoms with E-state index in [4.69, 9.17) is 0 Å². The molecule has 0 bridgehead atoms. The van der Waals surface area contributed by atoms with Gasteiger partial charge < -0.3 is 10.4 Å². The first-order valence-corrected chi connectivity index (χ1v) is 12.8. The summed E-state index contributed by atoms with van der Waals surface area (Å²) in [4.78, 5) is 26.3. The predicted molar refractivity (Wildman–Crippen MR) is 139 cm³/mol. The number of carbonyl (C=O) groups excluding carboxylic acids is 1. The predicted octanol–water partition coefficient (Wildman–Crippen LogP) is 4.97. The van der Waals surface area contributed by atoms with Gasteiger partial charge in [0, 0.05) is 35.9 Å². The Hall–Kier alpha value is -3.59. The van der Waals surface area contributed by atoms with Crippen molar-refractivity contribution in [2.24, 2.45) is 0 Å². The Labute approximate surface area is 211 Å².